The molecule has 0 bridgehead atoms. The molecule has 2 aromatic rings. The molecule has 0 aliphatic rings. The average molecular weight is 299 g/mol. The van der Waals surface area contributed by atoms with Crippen LogP contribution in [-0.4, -0.2) is 30.4 Å². The molecule has 0 heterocycles. The van der Waals surface area contributed by atoms with Gasteiger partial charge in [-0.25, -0.2) is 0 Å². The van der Waals surface area contributed by atoms with Gasteiger partial charge in [-0.15, -0.1) is 0 Å². The summed E-state index contributed by atoms with van der Waals surface area (Å²) in [6, 6.07) is 18.8. The molecule has 0 saturated carbocycles. The summed E-state index contributed by atoms with van der Waals surface area (Å²) in [6.07, 6.45) is 0.425. The normalized spacial score (nSPS) is 12.4. The first kappa shape index (κ1) is 16.5. The largest absolute Gasteiger partial charge is 0.491 e. The number of hydrogen-bond acceptors (Lipinski definition) is 3. The number of aliphatic hydroxyl groups excluding tert-OH is 1. The van der Waals surface area contributed by atoms with Gasteiger partial charge in [-0.1, -0.05) is 56.3 Å². The van der Waals surface area contributed by atoms with E-state index in [0.717, 1.165) is 12.2 Å². The molecule has 2 N–H and O–H groups in total. The minimum absolute atomic E-state index is 0.303. The predicted molar refractivity (Wildman–Crippen MR) is 90.3 cm³/mol. The lowest BCUT2D eigenvalue weighted by Crippen LogP contribution is -2.35. The van der Waals surface area contributed by atoms with Crippen LogP contribution in [0, 0.1) is 0 Å². The molecule has 0 aliphatic heterocycles. The highest BCUT2D eigenvalue weighted by atomic mass is 16.5. The lowest BCUT2D eigenvalue weighted by Gasteiger charge is -2.15. The second-order valence-corrected chi connectivity index (χ2v) is 5.83. The Bertz CT molecular complexity index is 537. The van der Waals surface area contributed by atoms with E-state index < -0.39 is 6.10 Å². The first-order valence-corrected chi connectivity index (χ1v) is 7.80. The fraction of sp³-hybridized carbons (Fsp3) is 0.368. The molecule has 0 aliphatic carbocycles. The van der Waals surface area contributed by atoms with Crippen molar-refractivity contribution < 1.29 is 9.84 Å². The van der Waals surface area contributed by atoms with E-state index >= 15 is 0 Å². The maximum Gasteiger partial charge on any atom is 0.119 e. The molecule has 1 atom stereocenters. The van der Waals surface area contributed by atoms with Crippen LogP contribution in [0.1, 0.15) is 25.0 Å². The average Bonchev–Trinajstić information content (AvgIpc) is 2.53. The van der Waals surface area contributed by atoms with Gasteiger partial charge in [-0.05, 0) is 29.7 Å². The molecule has 118 valence electrons. The van der Waals surface area contributed by atoms with Crippen molar-refractivity contribution in [1.82, 2.24) is 5.32 Å². The molecular weight excluding hydrogens is 274 g/mol. The second-order valence-electron chi connectivity index (χ2n) is 5.83. The van der Waals surface area contributed by atoms with Crippen molar-refractivity contribution in [2.24, 2.45) is 0 Å². The van der Waals surface area contributed by atoms with Crippen LogP contribution in [0.5, 0.6) is 5.75 Å². The van der Waals surface area contributed by atoms with E-state index in [1.807, 2.05) is 18.2 Å². The molecule has 0 amide bonds. The lowest BCUT2D eigenvalue weighted by atomic mass is 10.1. The van der Waals surface area contributed by atoms with Gasteiger partial charge >= 0.3 is 0 Å². The monoisotopic (exact) mass is 299 g/mol. The van der Waals surface area contributed by atoms with Crippen LogP contribution in [0.15, 0.2) is 54.6 Å². The summed E-state index contributed by atoms with van der Waals surface area (Å²) in [4.78, 5) is 0. The molecule has 0 aromatic heterocycles. The van der Waals surface area contributed by atoms with Gasteiger partial charge in [0.1, 0.15) is 18.5 Å². The third kappa shape index (κ3) is 5.88. The number of hydrogen-bond donors (Lipinski definition) is 2. The Balaban J connectivity index is 1.79. The van der Waals surface area contributed by atoms with E-state index in [4.69, 9.17) is 4.74 Å². The van der Waals surface area contributed by atoms with Crippen LogP contribution in [0.3, 0.4) is 0 Å². The summed E-state index contributed by atoms with van der Waals surface area (Å²) >= 11 is 0. The number of ether oxygens (including phenoxy) is 1. The summed E-state index contributed by atoms with van der Waals surface area (Å²) in [5, 5.41) is 13.0. The zero-order valence-electron chi connectivity index (χ0n) is 13.3. The third-order valence-electron chi connectivity index (χ3n) is 3.38. The molecular formula is C19H25NO2. The molecule has 1 unspecified atom stereocenters. The van der Waals surface area contributed by atoms with Crippen molar-refractivity contribution in [2.45, 2.75) is 32.4 Å². The van der Waals surface area contributed by atoms with E-state index in [2.05, 4.69) is 55.6 Å². The van der Waals surface area contributed by atoms with E-state index in [-0.39, 0.29) is 0 Å². The van der Waals surface area contributed by atoms with Gasteiger partial charge in [-0.3, -0.25) is 0 Å². The Kier molecular flexibility index (Phi) is 6.44. The number of benzene rings is 2. The molecule has 3 heteroatoms. The predicted octanol–water partition coefficient (Wildman–Crippen LogP) is 3.02. The second kappa shape index (κ2) is 8.57. The molecule has 22 heavy (non-hydrogen) atoms. The summed E-state index contributed by atoms with van der Waals surface area (Å²) in [5.41, 5.74) is 2.55. The van der Waals surface area contributed by atoms with Crippen LogP contribution in [0.25, 0.3) is 0 Å². The zero-order chi connectivity index (χ0) is 15.8. The van der Waals surface area contributed by atoms with Crippen LogP contribution in [0.2, 0.25) is 0 Å². The van der Waals surface area contributed by atoms with Crippen LogP contribution in [0.4, 0.5) is 0 Å². The van der Waals surface area contributed by atoms with Gasteiger partial charge in [0.15, 0.2) is 0 Å². The standard InChI is InChI=1S/C19H25NO2/c1-15(2)20-13-18(21)14-22-19-10-8-17(9-11-19)12-16-6-4-3-5-7-16/h3-11,15,18,20-21H,12-14H2,1-2H3. The maximum atomic E-state index is 9.82. The summed E-state index contributed by atoms with van der Waals surface area (Å²) < 4.78 is 5.62. The smallest absolute Gasteiger partial charge is 0.119 e. The van der Waals surface area contributed by atoms with Gasteiger partial charge in [-0.2, -0.15) is 0 Å². The molecule has 0 spiro atoms. The molecule has 0 saturated heterocycles. The van der Waals surface area contributed by atoms with Crippen molar-refractivity contribution in [2.75, 3.05) is 13.2 Å². The number of nitrogens with one attached hydrogen (secondary N) is 1. The number of rotatable bonds is 8. The molecule has 3 nitrogen and oxygen atoms in total. The van der Waals surface area contributed by atoms with Crippen LogP contribution < -0.4 is 10.1 Å². The molecule has 0 fully saturated rings. The van der Waals surface area contributed by atoms with Gasteiger partial charge in [0.05, 0.1) is 0 Å². The highest BCUT2D eigenvalue weighted by molar-refractivity contribution is 5.31. The molecule has 2 aromatic carbocycles. The molecule has 0 radical (unpaired) electrons. The lowest BCUT2D eigenvalue weighted by molar-refractivity contribution is 0.104. The van der Waals surface area contributed by atoms with E-state index in [9.17, 15) is 5.11 Å². The Morgan fingerprint density at radius 2 is 1.59 bits per heavy atom. The summed E-state index contributed by atoms with van der Waals surface area (Å²) in [5.74, 6) is 0.792. The summed E-state index contributed by atoms with van der Waals surface area (Å²) in [6.45, 7) is 4.96. The quantitative estimate of drug-likeness (QED) is 0.787. The van der Waals surface area contributed by atoms with Crippen molar-refractivity contribution in [3.8, 4) is 5.75 Å². The molecule has 2 rings (SSSR count). The Labute approximate surface area is 133 Å². The van der Waals surface area contributed by atoms with E-state index in [0.29, 0.717) is 19.2 Å². The highest BCUT2D eigenvalue weighted by Gasteiger charge is 2.06. The Hall–Kier alpha value is -1.84. The van der Waals surface area contributed by atoms with Gasteiger partial charge in [0, 0.05) is 12.6 Å². The van der Waals surface area contributed by atoms with E-state index in [1.165, 1.54) is 11.1 Å². The number of aliphatic hydroxyl groups is 1. The SMILES string of the molecule is CC(C)NCC(O)COc1ccc(Cc2ccccc2)cc1. The fourth-order valence-corrected chi connectivity index (χ4v) is 2.16. The Morgan fingerprint density at radius 3 is 2.23 bits per heavy atom. The maximum absolute atomic E-state index is 9.82. The first-order chi connectivity index (χ1) is 10.6. The van der Waals surface area contributed by atoms with Crippen molar-refractivity contribution in [1.29, 1.82) is 0 Å². The van der Waals surface area contributed by atoms with Gasteiger partial charge in [0.2, 0.25) is 0 Å². The van der Waals surface area contributed by atoms with Gasteiger partial charge in [0.25, 0.3) is 0 Å². The minimum atomic E-state index is -0.494. The third-order valence-corrected chi connectivity index (χ3v) is 3.38. The van der Waals surface area contributed by atoms with Crippen molar-refractivity contribution >= 4 is 0 Å². The Morgan fingerprint density at radius 1 is 0.955 bits per heavy atom. The zero-order valence-corrected chi connectivity index (χ0v) is 13.3. The van der Waals surface area contributed by atoms with Crippen molar-refractivity contribution in [3.05, 3.63) is 65.7 Å². The van der Waals surface area contributed by atoms with Crippen LogP contribution in [-0.2, 0) is 6.42 Å². The topological polar surface area (TPSA) is 41.5 Å². The van der Waals surface area contributed by atoms with E-state index in [1.54, 1.807) is 0 Å². The highest BCUT2D eigenvalue weighted by Crippen LogP contribution is 2.15. The van der Waals surface area contributed by atoms with Crippen LogP contribution >= 0.6 is 0 Å². The minimum Gasteiger partial charge on any atom is -0.491 e. The summed E-state index contributed by atoms with van der Waals surface area (Å²) in [7, 11) is 0. The fourth-order valence-electron chi connectivity index (χ4n) is 2.16. The first-order valence-electron chi connectivity index (χ1n) is 7.80. The van der Waals surface area contributed by atoms with Crippen molar-refractivity contribution in [3.63, 3.8) is 0 Å². The van der Waals surface area contributed by atoms with Gasteiger partial charge < -0.3 is 15.2 Å².